The van der Waals surface area contributed by atoms with E-state index in [0.717, 1.165) is 20.8 Å². The summed E-state index contributed by atoms with van der Waals surface area (Å²) in [5.41, 5.74) is 3.02. The van der Waals surface area contributed by atoms with Crippen LogP contribution in [0, 0.1) is 20.8 Å². The zero-order valence-corrected chi connectivity index (χ0v) is 17.8. The predicted octanol–water partition coefficient (Wildman–Crippen LogP) is 2.57. The standard InChI is InChI=1S/C21H22N4O4S/c1-11-4-5-15-14(10-11)25(21(28)29-15)9-7-17(26)22-8-6-16-23-19(27)18-12(2)13(3)30-20(18)24-16/h4-5,10H,6-9H2,1-3H3,(H,22,26)(H,23,24,27). The number of nitrogens with zero attached hydrogens (tertiary/aromatic N) is 2. The summed E-state index contributed by atoms with van der Waals surface area (Å²) in [6.07, 6.45) is 0.565. The number of aromatic amines is 1. The summed E-state index contributed by atoms with van der Waals surface area (Å²) in [6, 6.07) is 5.49. The Labute approximate surface area is 175 Å². The summed E-state index contributed by atoms with van der Waals surface area (Å²) >= 11 is 1.50. The second-order valence-electron chi connectivity index (χ2n) is 7.32. The Morgan fingerprint density at radius 1 is 1.27 bits per heavy atom. The number of benzene rings is 1. The summed E-state index contributed by atoms with van der Waals surface area (Å²) < 4.78 is 6.68. The van der Waals surface area contributed by atoms with Gasteiger partial charge in [-0.1, -0.05) is 6.07 Å². The third kappa shape index (κ3) is 3.80. The van der Waals surface area contributed by atoms with Crippen LogP contribution >= 0.6 is 11.3 Å². The molecule has 8 nitrogen and oxygen atoms in total. The highest BCUT2D eigenvalue weighted by atomic mass is 32.1. The van der Waals surface area contributed by atoms with Crippen molar-refractivity contribution in [3.05, 3.63) is 60.9 Å². The van der Waals surface area contributed by atoms with Crippen LogP contribution in [0.1, 0.15) is 28.2 Å². The quantitative estimate of drug-likeness (QED) is 0.492. The molecule has 30 heavy (non-hydrogen) atoms. The van der Waals surface area contributed by atoms with Crippen molar-refractivity contribution >= 4 is 38.6 Å². The van der Waals surface area contributed by atoms with Crippen molar-refractivity contribution < 1.29 is 9.21 Å². The molecule has 0 saturated carbocycles. The fraction of sp³-hybridized carbons (Fsp3) is 0.333. The molecule has 0 aliphatic heterocycles. The van der Waals surface area contributed by atoms with E-state index in [1.54, 1.807) is 6.07 Å². The summed E-state index contributed by atoms with van der Waals surface area (Å²) in [5, 5.41) is 3.45. The van der Waals surface area contributed by atoms with Gasteiger partial charge in [0.05, 0.1) is 10.9 Å². The minimum absolute atomic E-state index is 0.148. The van der Waals surface area contributed by atoms with Crippen molar-refractivity contribution in [2.24, 2.45) is 0 Å². The van der Waals surface area contributed by atoms with E-state index in [4.69, 9.17) is 4.42 Å². The Hall–Kier alpha value is -3.20. The molecule has 4 aromatic rings. The molecule has 0 atom stereocenters. The van der Waals surface area contributed by atoms with E-state index in [1.165, 1.54) is 15.9 Å². The van der Waals surface area contributed by atoms with Gasteiger partial charge in [0.1, 0.15) is 10.7 Å². The number of oxazole rings is 1. The zero-order valence-electron chi connectivity index (χ0n) is 17.0. The third-order valence-electron chi connectivity index (χ3n) is 5.16. The molecule has 0 spiro atoms. The average Bonchev–Trinajstić information content (AvgIpc) is 3.15. The van der Waals surface area contributed by atoms with Gasteiger partial charge in [-0.15, -0.1) is 11.3 Å². The summed E-state index contributed by atoms with van der Waals surface area (Å²) in [7, 11) is 0. The second-order valence-corrected chi connectivity index (χ2v) is 8.52. The number of aryl methyl sites for hydroxylation is 4. The van der Waals surface area contributed by atoms with E-state index in [0.29, 0.717) is 35.3 Å². The predicted molar refractivity (Wildman–Crippen MR) is 116 cm³/mol. The Bertz CT molecular complexity index is 1380. The second kappa shape index (κ2) is 7.91. The molecule has 3 aromatic heterocycles. The van der Waals surface area contributed by atoms with E-state index in [2.05, 4.69) is 15.3 Å². The van der Waals surface area contributed by atoms with Gasteiger partial charge in [0.25, 0.3) is 5.56 Å². The van der Waals surface area contributed by atoms with E-state index >= 15 is 0 Å². The van der Waals surface area contributed by atoms with Crippen molar-refractivity contribution in [3.63, 3.8) is 0 Å². The van der Waals surface area contributed by atoms with Gasteiger partial charge in [-0.3, -0.25) is 14.2 Å². The number of aromatic nitrogens is 3. The highest BCUT2D eigenvalue weighted by molar-refractivity contribution is 7.18. The molecule has 1 amide bonds. The van der Waals surface area contributed by atoms with Crippen molar-refractivity contribution in [2.75, 3.05) is 6.54 Å². The van der Waals surface area contributed by atoms with E-state index in [-0.39, 0.29) is 24.4 Å². The summed E-state index contributed by atoms with van der Waals surface area (Å²) in [4.78, 5) is 45.7. The topological polar surface area (TPSA) is 110 Å². The fourth-order valence-corrected chi connectivity index (χ4v) is 4.47. The highest BCUT2D eigenvalue weighted by Gasteiger charge is 2.13. The van der Waals surface area contributed by atoms with Crippen LogP contribution in [0.25, 0.3) is 21.3 Å². The molecule has 0 aliphatic carbocycles. The normalized spacial score (nSPS) is 11.4. The number of rotatable bonds is 6. The van der Waals surface area contributed by atoms with Gasteiger partial charge in [-0.2, -0.15) is 0 Å². The molecule has 9 heteroatoms. The van der Waals surface area contributed by atoms with E-state index in [9.17, 15) is 14.4 Å². The first-order valence-electron chi connectivity index (χ1n) is 9.69. The number of nitrogens with one attached hydrogen (secondary N) is 2. The van der Waals surface area contributed by atoms with Crippen LogP contribution in [0.15, 0.2) is 32.2 Å². The molecule has 2 N–H and O–H groups in total. The van der Waals surface area contributed by atoms with Crippen LogP contribution < -0.4 is 16.6 Å². The number of fused-ring (bicyclic) bond motifs is 2. The lowest BCUT2D eigenvalue weighted by atomic mass is 10.2. The van der Waals surface area contributed by atoms with Gasteiger partial charge < -0.3 is 14.7 Å². The maximum absolute atomic E-state index is 12.3. The first-order valence-corrected chi connectivity index (χ1v) is 10.5. The molecular formula is C21H22N4O4S. The molecule has 0 fully saturated rings. The van der Waals surface area contributed by atoms with E-state index in [1.807, 2.05) is 32.9 Å². The van der Waals surface area contributed by atoms with Crippen LogP contribution in [0.4, 0.5) is 0 Å². The summed E-state index contributed by atoms with van der Waals surface area (Å²) in [6.45, 7) is 6.40. The number of thiophene rings is 1. The van der Waals surface area contributed by atoms with Crippen LogP contribution in [0.3, 0.4) is 0 Å². The van der Waals surface area contributed by atoms with Gasteiger partial charge in [0, 0.05) is 30.8 Å². The molecule has 156 valence electrons. The van der Waals surface area contributed by atoms with Gasteiger partial charge in [-0.05, 0) is 44.0 Å². The van der Waals surface area contributed by atoms with Gasteiger partial charge in [0.15, 0.2) is 5.58 Å². The first kappa shape index (κ1) is 20.1. The molecule has 1 aromatic carbocycles. The lowest BCUT2D eigenvalue weighted by molar-refractivity contribution is -0.121. The molecule has 0 saturated heterocycles. The monoisotopic (exact) mass is 426 g/mol. The molecule has 0 aliphatic rings. The molecule has 0 radical (unpaired) electrons. The molecule has 0 bridgehead atoms. The van der Waals surface area contributed by atoms with Gasteiger partial charge in [-0.25, -0.2) is 9.78 Å². The Kier molecular flexibility index (Phi) is 5.29. The first-order chi connectivity index (χ1) is 14.3. The van der Waals surface area contributed by atoms with E-state index < -0.39 is 5.76 Å². The molecule has 4 rings (SSSR count). The zero-order chi connectivity index (χ0) is 21.4. The van der Waals surface area contributed by atoms with Crippen molar-refractivity contribution in [1.82, 2.24) is 19.9 Å². The fourth-order valence-electron chi connectivity index (χ4n) is 3.42. The smallest absolute Gasteiger partial charge is 0.408 e. The number of amides is 1. The van der Waals surface area contributed by atoms with Crippen LogP contribution in [-0.2, 0) is 17.8 Å². The third-order valence-corrected chi connectivity index (χ3v) is 6.26. The minimum Gasteiger partial charge on any atom is -0.408 e. The van der Waals surface area contributed by atoms with Gasteiger partial charge in [0.2, 0.25) is 5.91 Å². The molecular weight excluding hydrogens is 404 g/mol. The van der Waals surface area contributed by atoms with Crippen molar-refractivity contribution in [1.29, 1.82) is 0 Å². The van der Waals surface area contributed by atoms with Crippen molar-refractivity contribution in [2.45, 2.75) is 40.2 Å². The highest BCUT2D eigenvalue weighted by Crippen LogP contribution is 2.25. The Balaban J connectivity index is 1.36. The van der Waals surface area contributed by atoms with Crippen LogP contribution in [0.2, 0.25) is 0 Å². The van der Waals surface area contributed by atoms with Crippen LogP contribution in [-0.4, -0.2) is 27.0 Å². The number of hydrogen-bond acceptors (Lipinski definition) is 6. The Morgan fingerprint density at radius 2 is 2.07 bits per heavy atom. The number of carbonyl (C=O) groups is 1. The largest absolute Gasteiger partial charge is 0.419 e. The molecule has 3 heterocycles. The van der Waals surface area contributed by atoms with Crippen molar-refractivity contribution in [3.8, 4) is 0 Å². The Morgan fingerprint density at radius 3 is 2.87 bits per heavy atom. The molecule has 0 unspecified atom stereocenters. The summed E-state index contributed by atoms with van der Waals surface area (Å²) in [5.74, 6) is -0.114. The lowest BCUT2D eigenvalue weighted by Crippen LogP contribution is -2.28. The maximum Gasteiger partial charge on any atom is 0.419 e. The number of hydrogen-bond donors (Lipinski definition) is 2. The lowest BCUT2D eigenvalue weighted by Gasteiger charge is -2.06. The maximum atomic E-state index is 12.3. The number of carbonyl (C=O) groups excluding carboxylic acids is 1. The van der Waals surface area contributed by atoms with Gasteiger partial charge >= 0.3 is 5.76 Å². The minimum atomic E-state index is -0.472. The SMILES string of the molecule is Cc1ccc2oc(=O)n(CCC(=O)NCCc3nc4sc(C)c(C)c4c(=O)[nH]3)c2c1. The average molecular weight is 426 g/mol. The van der Waals surface area contributed by atoms with Crippen LogP contribution in [0.5, 0.6) is 0 Å². The number of H-pyrrole nitrogens is 1.